The van der Waals surface area contributed by atoms with Crippen molar-refractivity contribution >= 4 is 32.4 Å². The molecule has 3 heterocycles. The maximum atomic E-state index is 12.7. The monoisotopic (exact) mass is 361 g/mol. The summed E-state index contributed by atoms with van der Waals surface area (Å²) in [6.45, 7) is 1.76. The van der Waals surface area contributed by atoms with Crippen molar-refractivity contribution in [1.29, 1.82) is 0 Å². The first-order valence-corrected chi connectivity index (χ1v) is 9.87. The first-order valence-electron chi connectivity index (χ1n) is 9.06. The third-order valence-electron chi connectivity index (χ3n) is 5.05. The van der Waals surface area contributed by atoms with Gasteiger partial charge in [-0.05, 0) is 37.5 Å². The van der Waals surface area contributed by atoms with Crippen molar-refractivity contribution < 1.29 is 4.79 Å². The quantitative estimate of drug-likeness (QED) is 0.512. The van der Waals surface area contributed by atoms with Gasteiger partial charge < -0.3 is 4.90 Å². The highest BCUT2D eigenvalue weighted by molar-refractivity contribution is 7.23. The van der Waals surface area contributed by atoms with Gasteiger partial charge in [-0.1, -0.05) is 41.7 Å². The molecule has 4 nitrogen and oxygen atoms in total. The van der Waals surface area contributed by atoms with Gasteiger partial charge in [-0.3, -0.25) is 9.20 Å². The Morgan fingerprint density at radius 2 is 1.81 bits per heavy atom. The van der Waals surface area contributed by atoms with Crippen LogP contribution in [0.15, 0.2) is 54.7 Å². The minimum Gasteiger partial charge on any atom is -0.339 e. The van der Waals surface area contributed by atoms with Crippen molar-refractivity contribution in [2.75, 3.05) is 13.1 Å². The molecule has 26 heavy (non-hydrogen) atoms. The zero-order valence-corrected chi connectivity index (χ0v) is 15.2. The van der Waals surface area contributed by atoms with E-state index in [4.69, 9.17) is 4.98 Å². The Kier molecular flexibility index (Phi) is 3.75. The second kappa shape index (κ2) is 6.25. The van der Waals surface area contributed by atoms with Crippen LogP contribution in [-0.4, -0.2) is 33.3 Å². The third-order valence-corrected chi connectivity index (χ3v) is 6.07. The zero-order valence-electron chi connectivity index (χ0n) is 14.4. The molecule has 0 atom stereocenters. The summed E-state index contributed by atoms with van der Waals surface area (Å²) in [4.78, 5) is 20.5. The maximum absolute atomic E-state index is 12.7. The van der Waals surface area contributed by atoms with Crippen molar-refractivity contribution in [2.24, 2.45) is 0 Å². The molecule has 130 valence electrons. The van der Waals surface area contributed by atoms with Crippen LogP contribution in [0.2, 0.25) is 0 Å². The van der Waals surface area contributed by atoms with Crippen molar-refractivity contribution in [3.8, 4) is 11.3 Å². The molecule has 2 aromatic carbocycles. The number of aromatic nitrogens is 2. The summed E-state index contributed by atoms with van der Waals surface area (Å²) in [5, 5.41) is 0. The molecule has 1 fully saturated rings. The highest BCUT2D eigenvalue weighted by atomic mass is 32.1. The van der Waals surface area contributed by atoms with Crippen LogP contribution in [0.4, 0.5) is 0 Å². The SMILES string of the molecule is O=C(c1ccc2c(c1)sc1nc(-c3ccccc3)cn12)N1CCCCC1. The van der Waals surface area contributed by atoms with Gasteiger partial charge in [0.05, 0.1) is 15.9 Å². The van der Waals surface area contributed by atoms with Crippen LogP contribution < -0.4 is 0 Å². The van der Waals surface area contributed by atoms with Gasteiger partial charge in [-0.2, -0.15) is 0 Å². The van der Waals surface area contributed by atoms with E-state index in [1.54, 1.807) is 11.3 Å². The summed E-state index contributed by atoms with van der Waals surface area (Å²) < 4.78 is 3.23. The number of piperidine rings is 1. The zero-order chi connectivity index (χ0) is 17.5. The van der Waals surface area contributed by atoms with E-state index in [1.807, 2.05) is 41.3 Å². The fraction of sp³-hybridized carbons (Fsp3) is 0.238. The van der Waals surface area contributed by atoms with Crippen molar-refractivity contribution in [3.63, 3.8) is 0 Å². The van der Waals surface area contributed by atoms with Gasteiger partial charge in [0.25, 0.3) is 5.91 Å². The first kappa shape index (κ1) is 15.6. The Morgan fingerprint density at radius 1 is 1.00 bits per heavy atom. The minimum atomic E-state index is 0.155. The number of carbonyl (C=O) groups excluding carboxylic acids is 1. The number of amides is 1. The molecule has 1 aliphatic rings. The number of hydrogen-bond donors (Lipinski definition) is 0. The Balaban J connectivity index is 1.52. The molecule has 5 rings (SSSR count). The molecule has 4 aromatic rings. The largest absolute Gasteiger partial charge is 0.339 e. The standard InChI is InChI=1S/C21H19N3OS/c25-20(23-11-5-2-6-12-23)16-9-10-18-19(13-16)26-21-22-17(14-24(18)21)15-7-3-1-4-8-15/h1,3-4,7-10,13-14H,2,5-6,11-12H2. The van der Waals surface area contributed by atoms with Gasteiger partial charge >= 0.3 is 0 Å². The van der Waals surface area contributed by atoms with Gasteiger partial charge in [0.15, 0.2) is 4.96 Å². The van der Waals surface area contributed by atoms with Crippen LogP contribution in [0.1, 0.15) is 29.6 Å². The second-order valence-corrected chi connectivity index (χ2v) is 7.79. The Morgan fingerprint density at radius 3 is 2.62 bits per heavy atom. The van der Waals surface area contributed by atoms with Crippen LogP contribution in [0, 0.1) is 0 Å². The van der Waals surface area contributed by atoms with Gasteiger partial charge in [0.1, 0.15) is 0 Å². The topological polar surface area (TPSA) is 37.6 Å². The average Bonchev–Trinajstić information content (AvgIpc) is 3.26. The average molecular weight is 361 g/mol. The fourth-order valence-electron chi connectivity index (χ4n) is 3.66. The summed E-state index contributed by atoms with van der Waals surface area (Å²) in [6, 6.07) is 16.2. The van der Waals surface area contributed by atoms with E-state index in [1.165, 1.54) is 6.42 Å². The number of carbonyl (C=O) groups is 1. The predicted octanol–water partition coefficient (Wildman–Crippen LogP) is 4.84. The summed E-state index contributed by atoms with van der Waals surface area (Å²) in [7, 11) is 0. The number of likely N-dealkylation sites (tertiary alicyclic amines) is 1. The molecule has 0 unspecified atom stereocenters. The normalized spacial score (nSPS) is 15.0. The molecular weight excluding hydrogens is 342 g/mol. The molecule has 0 N–H and O–H groups in total. The van der Waals surface area contributed by atoms with Crippen LogP contribution in [0.3, 0.4) is 0 Å². The van der Waals surface area contributed by atoms with Crippen LogP contribution in [0.5, 0.6) is 0 Å². The highest BCUT2D eigenvalue weighted by Crippen LogP contribution is 2.30. The molecule has 0 saturated carbocycles. The molecule has 1 aliphatic heterocycles. The third kappa shape index (κ3) is 2.59. The summed E-state index contributed by atoms with van der Waals surface area (Å²) >= 11 is 1.64. The predicted molar refractivity (Wildman–Crippen MR) is 106 cm³/mol. The molecule has 0 spiro atoms. The smallest absolute Gasteiger partial charge is 0.253 e. The number of imidazole rings is 1. The Bertz CT molecular complexity index is 1090. The first-order chi connectivity index (χ1) is 12.8. The Hall–Kier alpha value is -2.66. The molecular formula is C21H19N3OS. The van der Waals surface area contributed by atoms with E-state index < -0.39 is 0 Å². The molecule has 1 amide bonds. The molecule has 5 heteroatoms. The maximum Gasteiger partial charge on any atom is 0.253 e. The lowest BCUT2D eigenvalue weighted by atomic mass is 10.1. The number of fused-ring (bicyclic) bond motifs is 3. The lowest BCUT2D eigenvalue weighted by Gasteiger charge is -2.26. The lowest BCUT2D eigenvalue weighted by molar-refractivity contribution is 0.0724. The number of benzene rings is 2. The van der Waals surface area contributed by atoms with E-state index in [0.717, 1.165) is 57.9 Å². The summed E-state index contributed by atoms with van der Waals surface area (Å²) in [5.74, 6) is 0.155. The van der Waals surface area contributed by atoms with Crippen molar-refractivity contribution in [2.45, 2.75) is 19.3 Å². The van der Waals surface area contributed by atoms with Crippen molar-refractivity contribution in [1.82, 2.24) is 14.3 Å². The molecule has 0 radical (unpaired) electrons. The number of hydrogen-bond acceptors (Lipinski definition) is 3. The molecule has 0 bridgehead atoms. The Labute approximate surface area is 155 Å². The van der Waals surface area contributed by atoms with Gasteiger partial charge in [0, 0.05) is 30.4 Å². The summed E-state index contributed by atoms with van der Waals surface area (Å²) in [5.41, 5.74) is 3.99. The molecule has 1 saturated heterocycles. The lowest BCUT2D eigenvalue weighted by Crippen LogP contribution is -2.35. The van der Waals surface area contributed by atoms with Gasteiger partial charge in [0.2, 0.25) is 0 Å². The van der Waals surface area contributed by atoms with Crippen molar-refractivity contribution in [3.05, 3.63) is 60.3 Å². The van der Waals surface area contributed by atoms with E-state index in [9.17, 15) is 4.79 Å². The highest BCUT2D eigenvalue weighted by Gasteiger charge is 2.19. The minimum absolute atomic E-state index is 0.155. The second-order valence-electron chi connectivity index (χ2n) is 6.78. The van der Waals surface area contributed by atoms with Gasteiger partial charge in [-0.25, -0.2) is 4.98 Å². The fourth-order valence-corrected chi connectivity index (χ4v) is 4.71. The summed E-state index contributed by atoms with van der Waals surface area (Å²) in [6.07, 6.45) is 5.54. The van der Waals surface area contributed by atoms with Crippen LogP contribution in [-0.2, 0) is 0 Å². The van der Waals surface area contributed by atoms with E-state index in [2.05, 4.69) is 22.7 Å². The van der Waals surface area contributed by atoms with E-state index >= 15 is 0 Å². The van der Waals surface area contributed by atoms with Crippen LogP contribution in [0.25, 0.3) is 26.4 Å². The van der Waals surface area contributed by atoms with E-state index in [0.29, 0.717) is 0 Å². The number of rotatable bonds is 2. The van der Waals surface area contributed by atoms with E-state index in [-0.39, 0.29) is 5.91 Å². The molecule has 0 aliphatic carbocycles. The van der Waals surface area contributed by atoms with Crippen LogP contribution >= 0.6 is 11.3 Å². The molecule has 2 aromatic heterocycles. The number of thiazole rings is 1. The number of nitrogens with zero attached hydrogens (tertiary/aromatic N) is 3. The van der Waals surface area contributed by atoms with Gasteiger partial charge in [-0.15, -0.1) is 0 Å².